The zero-order valence-corrected chi connectivity index (χ0v) is 11.4. The van der Waals surface area contributed by atoms with Crippen molar-refractivity contribution in [1.82, 2.24) is 5.32 Å². The van der Waals surface area contributed by atoms with E-state index in [-0.39, 0.29) is 0 Å². The fourth-order valence-corrected chi connectivity index (χ4v) is 3.93. The van der Waals surface area contributed by atoms with Gasteiger partial charge in [0.1, 0.15) is 10.6 Å². The first-order chi connectivity index (χ1) is 8.61. The highest BCUT2D eigenvalue weighted by molar-refractivity contribution is 7.96. The summed E-state index contributed by atoms with van der Waals surface area (Å²) in [7, 11) is -0.0146. The van der Waals surface area contributed by atoms with Crippen molar-refractivity contribution >= 4 is 15.9 Å². The predicted octanol–water partition coefficient (Wildman–Crippen LogP) is 1.82. The van der Waals surface area contributed by atoms with Crippen molar-refractivity contribution in [2.75, 3.05) is 20.7 Å². The van der Waals surface area contributed by atoms with Crippen LogP contribution in [0.4, 0.5) is 0 Å². The quantitative estimate of drug-likeness (QED) is 0.827. The Hall–Kier alpha value is -1.33. The van der Waals surface area contributed by atoms with Crippen LogP contribution >= 0.6 is 0 Å². The van der Waals surface area contributed by atoms with E-state index in [1.54, 1.807) is 24.3 Å². The van der Waals surface area contributed by atoms with E-state index in [4.69, 9.17) is 4.74 Å². The number of methoxy groups -OCH3 is 1. The van der Waals surface area contributed by atoms with Crippen molar-refractivity contribution in [1.29, 1.82) is 0 Å². The summed E-state index contributed by atoms with van der Waals surface area (Å²) in [6, 6.07) is 5.29. The lowest BCUT2D eigenvalue weighted by molar-refractivity contribution is 0.403. The Morgan fingerprint density at radius 2 is 2.11 bits per heavy atom. The van der Waals surface area contributed by atoms with Gasteiger partial charge in [-0.3, -0.25) is 0 Å². The summed E-state index contributed by atoms with van der Waals surface area (Å²) < 4.78 is 29.9. The molecule has 0 spiro atoms. The first kappa shape index (κ1) is 13.1. The molecule has 5 heteroatoms. The first-order valence-corrected chi connectivity index (χ1v) is 7.37. The minimum Gasteiger partial charge on any atom is -0.495 e. The average Bonchev–Trinajstić information content (AvgIpc) is 2.62. The highest BCUT2D eigenvalue weighted by Gasteiger charge is 2.32. The fourth-order valence-electron chi connectivity index (χ4n) is 2.12. The van der Waals surface area contributed by atoms with E-state index in [0.29, 0.717) is 22.0 Å². The van der Waals surface area contributed by atoms with Crippen molar-refractivity contribution in [3.05, 3.63) is 28.7 Å². The maximum Gasteiger partial charge on any atom is 0.207 e. The normalized spacial score (nSPS) is 16.2. The molecule has 0 unspecified atom stereocenters. The lowest BCUT2D eigenvalue weighted by atomic mass is 10.2. The molecule has 0 saturated heterocycles. The number of benzene rings is 1. The molecule has 0 bridgehead atoms. The fraction of sp³-hybridized carbons (Fsp3) is 0.385. The van der Waals surface area contributed by atoms with Crippen LogP contribution in [0.5, 0.6) is 5.75 Å². The van der Waals surface area contributed by atoms with Crippen LogP contribution in [0, 0.1) is 0 Å². The van der Waals surface area contributed by atoms with Gasteiger partial charge >= 0.3 is 0 Å². The van der Waals surface area contributed by atoms with Gasteiger partial charge in [-0.15, -0.1) is 0 Å². The summed E-state index contributed by atoms with van der Waals surface area (Å²) in [6.45, 7) is 0.806. The van der Waals surface area contributed by atoms with Gasteiger partial charge in [-0.25, -0.2) is 8.42 Å². The molecule has 98 valence electrons. The lowest BCUT2D eigenvalue weighted by Gasteiger charge is -2.08. The van der Waals surface area contributed by atoms with E-state index in [1.807, 2.05) is 7.05 Å². The van der Waals surface area contributed by atoms with Crippen molar-refractivity contribution in [2.24, 2.45) is 0 Å². The van der Waals surface area contributed by atoms with Crippen LogP contribution in [0.2, 0.25) is 0 Å². The molecule has 1 N–H and O–H groups in total. The number of rotatable bonds is 5. The molecule has 1 aromatic rings. The summed E-state index contributed by atoms with van der Waals surface area (Å²) in [6.07, 6.45) is 3.11. The third kappa shape index (κ3) is 2.15. The zero-order chi connectivity index (χ0) is 13.2. The summed E-state index contributed by atoms with van der Waals surface area (Å²) in [5, 5.41) is 3.02. The number of hydrogen-bond donors (Lipinski definition) is 1. The Kier molecular flexibility index (Phi) is 3.73. The maximum atomic E-state index is 12.4. The summed E-state index contributed by atoms with van der Waals surface area (Å²) in [4.78, 5) is 0.796. The van der Waals surface area contributed by atoms with Crippen LogP contribution < -0.4 is 10.1 Å². The van der Waals surface area contributed by atoms with Crippen LogP contribution in [-0.4, -0.2) is 29.1 Å². The van der Waals surface area contributed by atoms with Gasteiger partial charge in [0.05, 0.1) is 12.0 Å². The smallest absolute Gasteiger partial charge is 0.207 e. The second kappa shape index (κ2) is 5.12. The van der Waals surface area contributed by atoms with Gasteiger partial charge < -0.3 is 10.1 Å². The second-order valence-electron chi connectivity index (χ2n) is 4.20. The standard InChI is InChI=1S/C13H17NO3S/c1-14-8-4-6-11-9-10-5-3-7-12(17-2)13(10)18(11,15)16/h3,5,7,9,14H,4,6,8H2,1-2H3. The number of sulfone groups is 1. The molecule has 0 fully saturated rings. The highest BCUT2D eigenvalue weighted by atomic mass is 32.2. The molecule has 0 aromatic heterocycles. The van der Waals surface area contributed by atoms with Gasteiger partial charge in [0.2, 0.25) is 9.84 Å². The molecule has 1 aliphatic heterocycles. The predicted molar refractivity (Wildman–Crippen MR) is 71.3 cm³/mol. The first-order valence-electron chi connectivity index (χ1n) is 5.88. The number of allylic oxidation sites excluding steroid dienone is 1. The third-order valence-electron chi connectivity index (χ3n) is 3.01. The van der Waals surface area contributed by atoms with E-state index < -0.39 is 9.84 Å². The third-order valence-corrected chi connectivity index (χ3v) is 5.00. The van der Waals surface area contributed by atoms with Gasteiger partial charge in [0, 0.05) is 0 Å². The van der Waals surface area contributed by atoms with Crippen molar-refractivity contribution in [2.45, 2.75) is 17.7 Å². The topological polar surface area (TPSA) is 55.4 Å². The maximum absolute atomic E-state index is 12.4. The number of nitrogens with one attached hydrogen (secondary N) is 1. The summed E-state index contributed by atoms with van der Waals surface area (Å²) >= 11 is 0. The van der Waals surface area contributed by atoms with Crippen LogP contribution in [0.25, 0.3) is 6.08 Å². The van der Waals surface area contributed by atoms with E-state index in [2.05, 4.69) is 5.32 Å². The minimum absolute atomic E-state index is 0.312. The molecular weight excluding hydrogens is 250 g/mol. The molecule has 0 aliphatic carbocycles. The van der Waals surface area contributed by atoms with Crippen molar-refractivity contribution in [3.8, 4) is 5.75 Å². The van der Waals surface area contributed by atoms with Crippen molar-refractivity contribution in [3.63, 3.8) is 0 Å². The average molecular weight is 267 g/mol. The van der Waals surface area contributed by atoms with Gasteiger partial charge in [-0.1, -0.05) is 12.1 Å². The number of fused-ring (bicyclic) bond motifs is 1. The molecule has 0 amide bonds. The highest BCUT2D eigenvalue weighted by Crippen LogP contribution is 2.40. The summed E-state index contributed by atoms with van der Waals surface area (Å²) in [5.41, 5.74) is 0.730. The van der Waals surface area contributed by atoms with Crippen LogP contribution in [0.1, 0.15) is 18.4 Å². The Bertz CT molecular complexity index is 576. The summed E-state index contributed by atoms with van der Waals surface area (Å²) in [5.74, 6) is 0.423. The van der Waals surface area contributed by atoms with Gasteiger partial charge in [0.25, 0.3) is 0 Å². The second-order valence-corrected chi connectivity index (χ2v) is 6.14. The SMILES string of the molecule is CNCCCC1=Cc2cccc(OC)c2S1(=O)=O. The molecule has 18 heavy (non-hydrogen) atoms. The number of hydrogen-bond acceptors (Lipinski definition) is 4. The minimum atomic E-state index is -3.36. The zero-order valence-electron chi connectivity index (χ0n) is 10.6. The van der Waals surface area contributed by atoms with Crippen LogP contribution in [0.3, 0.4) is 0 Å². The monoisotopic (exact) mass is 267 g/mol. The number of ether oxygens (including phenoxy) is 1. The van der Waals surface area contributed by atoms with E-state index in [0.717, 1.165) is 18.5 Å². The van der Waals surface area contributed by atoms with Gasteiger partial charge in [-0.05, 0) is 44.1 Å². The Labute approximate surface area is 108 Å². The van der Waals surface area contributed by atoms with E-state index >= 15 is 0 Å². The Morgan fingerprint density at radius 1 is 1.33 bits per heavy atom. The Morgan fingerprint density at radius 3 is 2.78 bits per heavy atom. The van der Waals surface area contributed by atoms with Gasteiger partial charge in [-0.2, -0.15) is 0 Å². The van der Waals surface area contributed by atoms with Crippen LogP contribution in [-0.2, 0) is 9.84 Å². The molecular formula is C13H17NO3S. The van der Waals surface area contributed by atoms with E-state index in [1.165, 1.54) is 7.11 Å². The molecule has 4 nitrogen and oxygen atoms in total. The van der Waals surface area contributed by atoms with E-state index in [9.17, 15) is 8.42 Å². The molecule has 1 aromatic carbocycles. The molecule has 2 rings (SSSR count). The Balaban J connectivity index is 2.35. The van der Waals surface area contributed by atoms with Crippen molar-refractivity contribution < 1.29 is 13.2 Å². The van der Waals surface area contributed by atoms with Crippen LogP contribution in [0.15, 0.2) is 28.0 Å². The lowest BCUT2D eigenvalue weighted by Crippen LogP contribution is -2.09. The molecule has 1 heterocycles. The van der Waals surface area contributed by atoms with Gasteiger partial charge in [0.15, 0.2) is 0 Å². The largest absolute Gasteiger partial charge is 0.495 e. The molecule has 0 radical (unpaired) electrons. The molecule has 0 atom stereocenters. The molecule has 1 aliphatic rings. The molecule has 0 saturated carbocycles.